The van der Waals surface area contributed by atoms with Gasteiger partial charge in [0.15, 0.2) is 6.61 Å². The van der Waals surface area contributed by atoms with Crippen molar-refractivity contribution in [3.8, 4) is 0 Å². The largest absolute Gasteiger partial charge is 0.456 e. The number of imide groups is 1. The van der Waals surface area contributed by atoms with Crippen LogP contribution in [0.5, 0.6) is 0 Å². The molecule has 1 aromatic carbocycles. The first-order chi connectivity index (χ1) is 14.6. The van der Waals surface area contributed by atoms with Gasteiger partial charge >= 0.3 is 5.97 Å². The molecule has 3 aliphatic rings. The second-order valence-electron chi connectivity index (χ2n) is 8.41. The Morgan fingerprint density at radius 1 is 0.967 bits per heavy atom. The average Bonchev–Trinajstić information content (AvgIpc) is 3.02. The number of hydrogen-bond donors (Lipinski definition) is 0. The van der Waals surface area contributed by atoms with Gasteiger partial charge in [0.2, 0.25) is 0 Å². The molecule has 0 bridgehead atoms. The smallest absolute Gasteiger partial charge is 0.306 e. The third-order valence-electron chi connectivity index (χ3n) is 6.56. The van der Waals surface area contributed by atoms with Gasteiger partial charge in [0.1, 0.15) is 0 Å². The Morgan fingerprint density at radius 2 is 1.63 bits per heavy atom. The Balaban J connectivity index is 1.21. The van der Waals surface area contributed by atoms with E-state index in [2.05, 4.69) is 0 Å². The predicted octanol–water partition coefficient (Wildman–Crippen LogP) is 2.79. The van der Waals surface area contributed by atoms with Crippen molar-refractivity contribution in [2.75, 3.05) is 19.7 Å². The molecule has 0 N–H and O–H groups in total. The van der Waals surface area contributed by atoms with Crippen LogP contribution in [0.1, 0.15) is 72.1 Å². The van der Waals surface area contributed by atoms with Crippen molar-refractivity contribution in [1.82, 2.24) is 9.80 Å². The molecule has 2 atom stereocenters. The van der Waals surface area contributed by atoms with Crippen LogP contribution in [0.15, 0.2) is 24.3 Å². The van der Waals surface area contributed by atoms with Gasteiger partial charge in [-0.15, -0.1) is 0 Å². The molecule has 2 aliphatic heterocycles. The number of hydrogen-bond acceptors (Lipinski definition) is 5. The molecule has 2 fully saturated rings. The lowest BCUT2D eigenvalue weighted by Crippen LogP contribution is -2.50. The van der Waals surface area contributed by atoms with Crippen LogP contribution in [0.3, 0.4) is 0 Å². The fourth-order valence-corrected chi connectivity index (χ4v) is 5.06. The number of rotatable bonds is 6. The lowest BCUT2D eigenvalue weighted by Gasteiger charge is -2.44. The SMILES string of the molecule is O=C(CCCN1C(=O)c2ccccc2C1=O)OCC(=O)N1CCC[C@@H]2CCCC[C@@H]21. The van der Waals surface area contributed by atoms with Gasteiger partial charge in [-0.2, -0.15) is 0 Å². The van der Waals surface area contributed by atoms with E-state index < -0.39 is 5.97 Å². The molecule has 0 spiro atoms. The number of benzene rings is 1. The summed E-state index contributed by atoms with van der Waals surface area (Å²) in [5.74, 6) is -0.651. The number of carbonyl (C=O) groups is 4. The molecular weight excluding hydrogens is 384 g/mol. The van der Waals surface area contributed by atoms with Crippen molar-refractivity contribution in [3.63, 3.8) is 0 Å². The van der Waals surface area contributed by atoms with Gasteiger partial charge in [-0.1, -0.05) is 25.0 Å². The maximum absolute atomic E-state index is 12.6. The van der Waals surface area contributed by atoms with E-state index >= 15 is 0 Å². The van der Waals surface area contributed by atoms with Gasteiger partial charge in [0, 0.05) is 25.6 Å². The minimum Gasteiger partial charge on any atom is -0.456 e. The van der Waals surface area contributed by atoms with Crippen molar-refractivity contribution in [1.29, 1.82) is 0 Å². The van der Waals surface area contributed by atoms with Gasteiger partial charge in [-0.3, -0.25) is 24.1 Å². The highest BCUT2D eigenvalue weighted by Gasteiger charge is 2.36. The van der Waals surface area contributed by atoms with Crippen LogP contribution in [0.25, 0.3) is 0 Å². The molecule has 0 radical (unpaired) electrons. The fourth-order valence-electron chi connectivity index (χ4n) is 5.06. The first-order valence-corrected chi connectivity index (χ1v) is 11.0. The van der Waals surface area contributed by atoms with Crippen LogP contribution < -0.4 is 0 Å². The van der Waals surface area contributed by atoms with Crippen molar-refractivity contribution in [2.45, 2.75) is 57.4 Å². The van der Waals surface area contributed by atoms with Crippen molar-refractivity contribution in [3.05, 3.63) is 35.4 Å². The van der Waals surface area contributed by atoms with Crippen molar-refractivity contribution in [2.24, 2.45) is 5.92 Å². The Labute approximate surface area is 176 Å². The summed E-state index contributed by atoms with van der Waals surface area (Å²) in [4.78, 5) is 52.4. The van der Waals surface area contributed by atoms with E-state index in [9.17, 15) is 19.2 Å². The highest BCUT2D eigenvalue weighted by molar-refractivity contribution is 6.21. The van der Waals surface area contributed by atoms with Gasteiger partial charge in [0.25, 0.3) is 17.7 Å². The minimum atomic E-state index is -0.475. The highest BCUT2D eigenvalue weighted by Crippen LogP contribution is 2.35. The maximum Gasteiger partial charge on any atom is 0.306 e. The van der Waals surface area contributed by atoms with E-state index in [1.54, 1.807) is 24.3 Å². The van der Waals surface area contributed by atoms with E-state index in [1.807, 2.05) is 4.90 Å². The van der Waals surface area contributed by atoms with Crippen LogP contribution in [0, 0.1) is 5.92 Å². The summed E-state index contributed by atoms with van der Waals surface area (Å²) in [6, 6.07) is 7.01. The van der Waals surface area contributed by atoms with Crippen molar-refractivity contribution < 1.29 is 23.9 Å². The Kier molecular flexibility index (Phi) is 6.16. The molecule has 1 saturated carbocycles. The standard InChI is InChI=1S/C23H28N2O5/c26-20(24-13-5-8-16-7-1-4-11-19(16)24)15-30-21(27)12-6-14-25-22(28)17-9-2-3-10-18(17)23(25)29/h2-3,9-10,16,19H,1,4-8,11-15H2/t16-,19-/m0/s1. The number of nitrogens with zero attached hydrogens (tertiary/aromatic N) is 2. The summed E-state index contributed by atoms with van der Waals surface area (Å²) < 4.78 is 5.20. The van der Waals surface area contributed by atoms with E-state index in [-0.39, 0.29) is 37.3 Å². The summed E-state index contributed by atoms with van der Waals surface area (Å²) in [5.41, 5.74) is 0.802. The van der Waals surface area contributed by atoms with Gasteiger partial charge in [-0.25, -0.2) is 0 Å². The second kappa shape index (κ2) is 8.98. The van der Waals surface area contributed by atoms with Gasteiger partial charge < -0.3 is 9.64 Å². The van der Waals surface area contributed by atoms with Crippen molar-refractivity contribution >= 4 is 23.7 Å². The number of piperidine rings is 1. The van der Waals surface area contributed by atoms with E-state index in [1.165, 1.54) is 24.2 Å². The number of ether oxygens (including phenoxy) is 1. The van der Waals surface area contributed by atoms with Crippen LogP contribution in [-0.4, -0.2) is 59.2 Å². The lowest BCUT2D eigenvalue weighted by molar-refractivity contribution is -0.155. The number of likely N-dealkylation sites (tertiary alicyclic amines) is 1. The monoisotopic (exact) mass is 412 g/mol. The average molecular weight is 412 g/mol. The normalized spacial score (nSPS) is 23.2. The molecule has 160 valence electrons. The van der Waals surface area contributed by atoms with Crippen LogP contribution in [-0.2, 0) is 14.3 Å². The molecule has 1 aromatic rings. The summed E-state index contributed by atoms with van der Waals surface area (Å²) in [6.45, 7) is 0.678. The number of amides is 3. The maximum atomic E-state index is 12.6. The lowest BCUT2D eigenvalue weighted by atomic mass is 9.78. The first-order valence-electron chi connectivity index (χ1n) is 11.0. The van der Waals surface area contributed by atoms with Gasteiger partial charge in [0.05, 0.1) is 11.1 Å². The quantitative estimate of drug-likeness (QED) is 0.530. The topological polar surface area (TPSA) is 84.0 Å². The van der Waals surface area contributed by atoms with Crippen LogP contribution in [0.2, 0.25) is 0 Å². The molecule has 1 saturated heterocycles. The Hall–Kier alpha value is -2.70. The van der Waals surface area contributed by atoms with E-state index in [4.69, 9.17) is 4.74 Å². The molecular formula is C23H28N2O5. The summed E-state index contributed by atoms with van der Waals surface area (Å²) in [5, 5.41) is 0. The van der Waals surface area contributed by atoms with Crippen LogP contribution >= 0.6 is 0 Å². The third kappa shape index (κ3) is 4.11. The zero-order valence-electron chi connectivity index (χ0n) is 17.2. The first kappa shape index (κ1) is 20.6. The summed E-state index contributed by atoms with van der Waals surface area (Å²) in [7, 11) is 0. The predicted molar refractivity (Wildman–Crippen MR) is 109 cm³/mol. The highest BCUT2D eigenvalue weighted by atomic mass is 16.5. The van der Waals surface area contributed by atoms with Crippen LogP contribution in [0.4, 0.5) is 0 Å². The summed E-state index contributed by atoms with van der Waals surface area (Å²) in [6.07, 6.45) is 7.21. The third-order valence-corrected chi connectivity index (χ3v) is 6.56. The fraction of sp³-hybridized carbons (Fsp3) is 0.565. The minimum absolute atomic E-state index is 0.0622. The Morgan fingerprint density at radius 3 is 2.37 bits per heavy atom. The zero-order chi connectivity index (χ0) is 21.1. The number of carbonyl (C=O) groups excluding carboxylic acids is 4. The van der Waals surface area contributed by atoms with Gasteiger partial charge in [-0.05, 0) is 50.2 Å². The molecule has 7 nitrogen and oxygen atoms in total. The number of fused-ring (bicyclic) bond motifs is 2. The molecule has 1 aliphatic carbocycles. The molecule has 7 heteroatoms. The zero-order valence-corrected chi connectivity index (χ0v) is 17.2. The second-order valence-corrected chi connectivity index (χ2v) is 8.41. The molecule has 2 heterocycles. The van der Waals surface area contributed by atoms with E-state index in [0.717, 1.165) is 25.8 Å². The molecule has 30 heavy (non-hydrogen) atoms. The molecule has 4 rings (SSSR count). The number of esters is 1. The molecule has 3 amide bonds. The van der Waals surface area contributed by atoms with E-state index in [0.29, 0.717) is 29.5 Å². The molecule has 0 aromatic heterocycles. The Bertz CT molecular complexity index is 815. The summed E-state index contributed by atoms with van der Waals surface area (Å²) >= 11 is 0. The molecule has 0 unspecified atom stereocenters.